The highest BCUT2D eigenvalue weighted by molar-refractivity contribution is 5.40. The smallest absolute Gasteiger partial charge is 0.234 e. The Hall–Kier alpha value is -1.22. The van der Waals surface area contributed by atoms with E-state index in [9.17, 15) is 0 Å². The van der Waals surface area contributed by atoms with E-state index in [1.807, 2.05) is 24.3 Å². The van der Waals surface area contributed by atoms with E-state index in [0.29, 0.717) is 6.61 Å². The van der Waals surface area contributed by atoms with E-state index in [2.05, 4.69) is 6.92 Å². The SMILES string of the molecule is CCCCOC1COc2ccccc2O1. The molecule has 82 valence electrons. The molecule has 0 fully saturated rings. The third kappa shape index (κ3) is 2.63. The zero-order valence-corrected chi connectivity index (χ0v) is 8.94. The van der Waals surface area contributed by atoms with Crippen molar-refractivity contribution in [3.05, 3.63) is 24.3 Å². The van der Waals surface area contributed by atoms with E-state index < -0.39 is 0 Å². The van der Waals surface area contributed by atoms with Gasteiger partial charge in [0.1, 0.15) is 0 Å². The molecular weight excluding hydrogens is 192 g/mol. The second-order valence-corrected chi connectivity index (χ2v) is 3.53. The summed E-state index contributed by atoms with van der Waals surface area (Å²) in [7, 11) is 0. The molecule has 0 saturated heterocycles. The molecule has 1 aromatic carbocycles. The van der Waals surface area contributed by atoms with E-state index >= 15 is 0 Å². The molecule has 1 aromatic rings. The Kier molecular flexibility index (Phi) is 3.45. The number of hydrogen-bond donors (Lipinski definition) is 0. The van der Waals surface area contributed by atoms with E-state index in [4.69, 9.17) is 14.2 Å². The van der Waals surface area contributed by atoms with Gasteiger partial charge in [-0.15, -0.1) is 0 Å². The number of hydrogen-bond acceptors (Lipinski definition) is 3. The molecule has 0 saturated carbocycles. The number of ether oxygens (including phenoxy) is 3. The Morgan fingerprint density at radius 1 is 1.33 bits per heavy atom. The summed E-state index contributed by atoms with van der Waals surface area (Å²) in [6, 6.07) is 7.65. The molecule has 0 radical (unpaired) electrons. The minimum atomic E-state index is -0.258. The van der Waals surface area contributed by atoms with Crippen LogP contribution in [0.1, 0.15) is 19.8 Å². The predicted molar refractivity (Wildman–Crippen MR) is 57.2 cm³/mol. The maximum Gasteiger partial charge on any atom is 0.234 e. The van der Waals surface area contributed by atoms with Crippen LogP contribution in [0.25, 0.3) is 0 Å². The average Bonchev–Trinajstić information content (AvgIpc) is 2.29. The van der Waals surface area contributed by atoms with Crippen molar-refractivity contribution >= 4 is 0 Å². The Bertz CT molecular complexity index is 311. The fraction of sp³-hybridized carbons (Fsp3) is 0.500. The van der Waals surface area contributed by atoms with Crippen LogP contribution in [0.2, 0.25) is 0 Å². The van der Waals surface area contributed by atoms with Gasteiger partial charge in [0.25, 0.3) is 0 Å². The highest BCUT2D eigenvalue weighted by Crippen LogP contribution is 2.30. The van der Waals surface area contributed by atoms with Gasteiger partial charge in [-0.2, -0.15) is 0 Å². The fourth-order valence-corrected chi connectivity index (χ4v) is 1.44. The van der Waals surface area contributed by atoms with Crippen molar-refractivity contribution in [3.8, 4) is 11.5 Å². The largest absolute Gasteiger partial charge is 0.483 e. The maximum atomic E-state index is 5.63. The molecular formula is C12H16O3. The van der Waals surface area contributed by atoms with Crippen molar-refractivity contribution in [2.24, 2.45) is 0 Å². The van der Waals surface area contributed by atoms with Crippen molar-refractivity contribution in [1.29, 1.82) is 0 Å². The van der Waals surface area contributed by atoms with E-state index in [-0.39, 0.29) is 6.29 Å². The second kappa shape index (κ2) is 5.03. The molecule has 0 N–H and O–H groups in total. The van der Waals surface area contributed by atoms with Gasteiger partial charge in [0, 0.05) is 0 Å². The normalized spacial score (nSPS) is 18.9. The number of unbranched alkanes of at least 4 members (excludes halogenated alkanes) is 1. The van der Waals surface area contributed by atoms with E-state index in [1.165, 1.54) is 0 Å². The van der Waals surface area contributed by atoms with Crippen LogP contribution in [0.4, 0.5) is 0 Å². The number of para-hydroxylation sites is 2. The van der Waals surface area contributed by atoms with Crippen molar-refractivity contribution in [2.75, 3.05) is 13.2 Å². The Labute approximate surface area is 90.0 Å². The van der Waals surface area contributed by atoms with Gasteiger partial charge in [-0.1, -0.05) is 25.5 Å². The predicted octanol–water partition coefficient (Wildman–Crippen LogP) is 2.60. The average molecular weight is 208 g/mol. The Balaban J connectivity index is 1.88. The van der Waals surface area contributed by atoms with Gasteiger partial charge in [0.15, 0.2) is 18.1 Å². The zero-order chi connectivity index (χ0) is 10.5. The van der Waals surface area contributed by atoms with Crippen LogP contribution in [0.5, 0.6) is 11.5 Å². The molecule has 0 aliphatic carbocycles. The molecule has 1 atom stereocenters. The molecule has 1 aliphatic rings. The molecule has 0 aromatic heterocycles. The summed E-state index contributed by atoms with van der Waals surface area (Å²) in [6.07, 6.45) is 1.93. The van der Waals surface area contributed by atoms with Gasteiger partial charge >= 0.3 is 0 Å². The van der Waals surface area contributed by atoms with Gasteiger partial charge < -0.3 is 14.2 Å². The van der Waals surface area contributed by atoms with Gasteiger partial charge in [-0.3, -0.25) is 0 Å². The summed E-state index contributed by atoms with van der Waals surface area (Å²) in [4.78, 5) is 0. The summed E-state index contributed by atoms with van der Waals surface area (Å²) in [5, 5.41) is 0. The van der Waals surface area contributed by atoms with Crippen molar-refractivity contribution in [1.82, 2.24) is 0 Å². The Morgan fingerprint density at radius 2 is 2.13 bits per heavy atom. The van der Waals surface area contributed by atoms with Crippen molar-refractivity contribution in [3.63, 3.8) is 0 Å². The van der Waals surface area contributed by atoms with Gasteiger partial charge in [-0.05, 0) is 18.6 Å². The molecule has 2 rings (SSSR count). The quantitative estimate of drug-likeness (QED) is 0.712. The molecule has 0 bridgehead atoms. The first-order valence-corrected chi connectivity index (χ1v) is 5.40. The molecule has 3 heteroatoms. The lowest BCUT2D eigenvalue weighted by atomic mass is 10.3. The Morgan fingerprint density at radius 3 is 2.93 bits per heavy atom. The number of fused-ring (bicyclic) bond motifs is 1. The lowest BCUT2D eigenvalue weighted by Crippen LogP contribution is -2.31. The highest BCUT2D eigenvalue weighted by Gasteiger charge is 2.20. The molecule has 1 heterocycles. The number of benzene rings is 1. The zero-order valence-electron chi connectivity index (χ0n) is 8.94. The molecule has 0 spiro atoms. The number of rotatable bonds is 4. The van der Waals surface area contributed by atoms with Crippen LogP contribution < -0.4 is 9.47 Å². The van der Waals surface area contributed by atoms with Crippen molar-refractivity contribution < 1.29 is 14.2 Å². The topological polar surface area (TPSA) is 27.7 Å². The van der Waals surface area contributed by atoms with Gasteiger partial charge in [0.05, 0.1) is 6.61 Å². The van der Waals surface area contributed by atoms with E-state index in [0.717, 1.165) is 30.9 Å². The van der Waals surface area contributed by atoms with Crippen molar-refractivity contribution in [2.45, 2.75) is 26.1 Å². The summed E-state index contributed by atoms with van der Waals surface area (Å²) < 4.78 is 16.7. The van der Waals surface area contributed by atoms with Crippen LogP contribution in [0.3, 0.4) is 0 Å². The third-order valence-electron chi connectivity index (χ3n) is 2.28. The second-order valence-electron chi connectivity index (χ2n) is 3.53. The highest BCUT2D eigenvalue weighted by atomic mass is 16.7. The molecule has 1 unspecified atom stereocenters. The minimum Gasteiger partial charge on any atom is -0.483 e. The lowest BCUT2D eigenvalue weighted by Gasteiger charge is -2.26. The van der Waals surface area contributed by atoms with Gasteiger partial charge in [-0.25, -0.2) is 0 Å². The minimum absolute atomic E-state index is 0.258. The molecule has 15 heavy (non-hydrogen) atoms. The maximum absolute atomic E-state index is 5.63. The lowest BCUT2D eigenvalue weighted by molar-refractivity contribution is -0.116. The summed E-state index contributed by atoms with van der Waals surface area (Å²) in [5.41, 5.74) is 0. The first-order chi connectivity index (χ1) is 7.40. The summed E-state index contributed by atoms with van der Waals surface area (Å²) >= 11 is 0. The summed E-state index contributed by atoms with van der Waals surface area (Å²) in [5.74, 6) is 1.57. The fourth-order valence-electron chi connectivity index (χ4n) is 1.44. The van der Waals surface area contributed by atoms with Crippen LogP contribution >= 0.6 is 0 Å². The van der Waals surface area contributed by atoms with Crippen LogP contribution in [-0.4, -0.2) is 19.5 Å². The standard InChI is InChI=1S/C12H16O3/c1-2-3-8-13-12-9-14-10-6-4-5-7-11(10)15-12/h4-7,12H,2-3,8-9H2,1H3. The first kappa shape index (κ1) is 10.3. The summed E-state index contributed by atoms with van der Waals surface area (Å²) in [6.45, 7) is 3.34. The van der Waals surface area contributed by atoms with Crippen LogP contribution in [0, 0.1) is 0 Å². The first-order valence-electron chi connectivity index (χ1n) is 5.40. The third-order valence-corrected chi connectivity index (χ3v) is 2.28. The molecule has 1 aliphatic heterocycles. The van der Waals surface area contributed by atoms with Gasteiger partial charge in [0.2, 0.25) is 6.29 Å². The van der Waals surface area contributed by atoms with Crippen LogP contribution in [-0.2, 0) is 4.74 Å². The molecule has 3 nitrogen and oxygen atoms in total. The van der Waals surface area contributed by atoms with E-state index in [1.54, 1.807) is 0 Å². The molecule has 0 amide bonds. The monoisotopic (exact) mass is 208 g/mol. The van der Waals surface area contributed by atoms with Crippen LogP contribution in [0.15, 0.2) is 24.3 Å².